The molecule has 220 valence electrons. The van der Waals surface area contributed by atoms with Crippen LogP contribution in [0.3, 0.4) is 0 Å². The van der Waals surface area contributed by atoms with Gasteiger partial charge in [0, 0.05) is 18.6 Å². The van der Waals surface area contributed by atoms with Gasteiger partial charge in [-0.25, -0.2) is 16.8 Å². The Morgan fingerprint density at radius 1 is 0.811 bits per heavy atom. The van der Waals surface area contributed by atoms with Crippen LogP contribution in [0.15, 0.2) is 0 Å². The second-order valence-corrected chi connectivity index (χ2v) is 19.8. The fourth-order valence-electron chi connectivity index (χ4n) is 4.86. The molecular formula is C28H56N2O5S2. The van der Waals surface area contributed by atoms with Crippen molar-refractivity contribution in [2.75, 3.05) is 13.2 Å². The average Bonchev–Trinajstić information content (AvgIpc) is 3.67. The van der Waals surface area contributed by atoms with E-state index in [-0.39, 0.29) is 24.1 Å². The Hall–Kier alpha value is -0.220. The van der Waals surface area contributed by atoms with Crippen molar-refractivity contribution < 1.29 is 21.9 Å². The molecule has 0 spiro atoms. The smallest absolute Gasteiger partial charge is 0.219 e. The minimum atomic E-state index is -3.73. The predicted octanol–water partition coefficient (Wildman–Crippen LogP) is 5.39. The molecule has 0 unspecified atom stereocenters. The van der Waals surface area contributed by atoms with Gasteiger partial charge in [0.15, 0.2) is 0 Å². The highest BCUT2D eigenvalue weighted by Crippen LogP contribution is 2.44. The van der Waals surface area contributed by atoms with E-state index in [1.165, 1.54) is 0 Å². The first kappa shape index (κ1) is 33.0. The van der Waals surface area contributed by atoms with Gasteiger partial charge >= 0.3 is 0 Å². The lowest BCUT2D eigenvalue weighted by Gasteiger charge is -2.45. The zero-order valence-corrected chi connectivity index (χ0v) is 27.1. The lowest BCUT2D eigenvalue weighted by atomic mass is 9.79. The quantitative estimate of drug-likeness (QED) is 0.288. The predicted molar refractivity (Wildman–Crippen MR) is 153 cm³/mol. The van der Waals surface area contributed by atoms with Crippen LogP contribution in [0.5, 0.6) is 0 Å². The molecule has 0 aliphatic heterocycles. The minimum absolute atomic E-state index is 0.0508. The van der Waals surface area contributed by atoms with E-state index in [0.717, 1.165) is 32.1 Å². The van der Waals surface area contributed by atoms with E-state index in [1.54, 1.807) is 43.2 Å². The van der Waals surface area contributed by atoms with E-state index < -0.39 is 41.0 Å². The van der Waals surface area contributed by atoms with E-state index in [0.29, 0.717) is 25.3 Å². The highest BCUT2D eigenvalue weighted by Gasteiger charge is 2.52. The molecule has 37 heavy (non-hydrogen) atoms. The molecule has 2 saturated carbocycles. The van der Waals surface area contributed by atoms with Crippen LogP contribution >= 0.6 is 0 Å². The Morgan fingerprint density at radius 2 is 1.32 bits per heavy atom. The van der Waals surface area contributed by atoms with Crippen molar-refractivity contribution in [3.05, 3.63) is 0 Å². The van der Waals surface area contributed by atoms with Crippen molar-refractivity contribution in [2.45, 2.75) is 149 Å². The van der Waals surface area contributed by atoms with Crippen molar-refractivity contribution >= 4 is 20.0 Å². The summed E-state index contributed by atoms with van der Waals surface area (Å²) in [5.74, 6) is 0.414. The van der Waals surface area contributed by atoms with E-state index in [2.05, 4.69) is 13.8 Å². The fraction of sp³-hybridized carbons (Fsp3) is 1.00. The molecule has 7 nitrogen and oxygen atoms in total. The Labute approximate surface area is 228 Å². The van der Waals surface area contributed by atoms with Crippen molar-refractivity contribution in [2.24, 2.45) is 16.7 Å². The number of hydrogen-bond donors (Lipinski definition) is 1. The van der Waals surface area contributed by atoms with Gasteiger partial charge in [-0.3, -0.25) is 0 Å². The first-order valence-corrected chi connectivity index (χ1v) is 17.1. The summed E-state index contributed by atoms with van der Waals surface area (Å²) in [4.78, 5) is 0. The Balaban J connectivity index is 2.31. The molecular weight excluding hydrogens is 508 g/mol. The number of hydrogen-bond acceptors (Lipinski definition) is 5. The molecule has 0 bridgehead atoms. The van der Waals surface area contributed by atoms with Gasteiger partial charge in [-0.05, 0) is 103 Å². The summed E-state index contributed by atoms with van der Waals surface area (Å²) in [5, 5.41) is 10.3. The summed E-state index contributed by atoms with van der Waals surface area (Å²) in [5.41, 5.74) is -0.775. The minimum Gasteiger partial charge on any atom is -0.395 e. The second kappa shape index (κ2) is 11.0. The summed E-state index contributed by atoms with van der Waals surface area (Å²) >= 11 is 0. The highest BCUT2D eigenvalue weighted by molar-refractivity contribution is 7.90. The molecule has 2 aliphatic carbocycles. The van der Waals surface area contributed by atoms with Gasteiger partial charge in [-0.15, -0.1) is 0 Å². The molecule has 0 radical (unpaired) electrons. The van der Waals surface area contributed by atoms with Gasteiger partial charge in [0.25, 0.3) is 0 Å². The van der Waals surface area contributed by atoms with Crippen LogP contribution in [0.4, 0.5) is 0 Å². The highest BCUT2D eigenvalue weighted by atomic mass is 32.2. The molecule has 9 heteroatoms. The average molecular weight is 565 g/mol. The first-order valence-electron chi connectivity index (χ1n) is 14.2. The zero-order chi connectivity index (χ0) is 28.8. The van der Waals surface area contributed by atoms with Gasteiger partial charge in [-0.2, -0.15) is 8.61 Å². The topological polar surface area (TPSA) is 95.0 Å². The monoisotopic (exact) mass is 564 g/mol. The van der Waals surface area contributed by atoms with Crippen LogP contribution in [0.2, 0.25) is 0 Å². The van der Waals surface area contributed by atoms with E-state index in [1.807, 2.05) is 27.7 Å². The van der Waals surface area contributed by atoms with E-state index in [9.17, 15) is 21.9 Å². The fourth-order valence-corrected chi connectivity index (χ4v) is 8.90. The third-order valence-corrected chi connectivity index (χ3v) is 14.7. The van der Waals surface area contributed by atoms with E-state index in [4.69, 9.17) is 0 Å². The molecule has 0 aromatic carbocycles. The van der Waals surface area contributed by atoms with Gasteiger partial charge in [0.2, 0.25) is 20.0 Å². The normalized spacial score (nSPS) is 20.5. The molecule has 0 heterocycles. The third-order valence-electron chi connectivity index (χ3n) is 9.33. The lowest BCUT2D eigenvalue weighted by Crippen LogP contribution is -2.57. The van der Waals surface area contributed by atoms with Crippen molar-refractivity contribution in [3.63, 3.8) is 0 Å². The maximum atomic E-state index is 14.2. The maximum Gasteiger partial charge on any atom is 0.219 e. The Morgan fingerprint density at radius 3 is 1.70 bits per heavy atom. The lowest BCUT2D eigenvalue weighted by molar-refractivity contribution is 0.0806. The number of rotatable bonds is 15. The standard InChI is InChI=1S/C28H56N2O5S2/c1-12-26(6,7)24(20-31)30(23-15-16-23)37(34,35)28(10,11)18-17-27(8,9)21(2)29(19-22-13-14-22)36(32,33)25(3,4)5/h21-24,31H,12-20H2,1-11H3/t21-,24+/m1/s1. The Kier molecular flexibility index (Phi) is 9.79. The second-order valence-electron chi connectivity index (χ2n) is 14.7. The number of aliphatic hydroxyl groups excluding tert-OH is 1. The number of nitrogens with zero attached hydrogens (tertiary/aromatic N) is 2. The molecule has 2 rings (SSSR count). The summed E-state index contributed by atoms with van der Waals surface area (Å²) < 4.78 is 56.9. The van der Waals surface area contributed by atoms with Gasteiger partial charge in [0.1, 0.15) is 0 Å². The molecule has 0 saturated heterocycles. The maximum absolute atomic E-state index is 14.2. The number of sulfonamides is 2. The van der Waals surface area contributed by atoms with Crippen molar-refractivity contribution in [1.82, 2.24) is 8.61 Å². The molecule has 1 N–H and O–H groups in total. The third kappa shape index (κ3) is 7.11. The van der Waals surface area contributed by atoms with Crippen molar-refractivity contribution in [1.29, 1.82) is 0 Å². The largest absolute Gasteiger partial charge is 0.395 e. The van der Waals surface area contributed by atoms with Crippen LogP contribution in [0, 0.1) is 16.7 Å². The van der Waals surface area contributed by atoms with E-state index >= 15 is 0 Å². The summed E-state index contributed by atoms with van der Waals surface area (Å²) in [6.07, 6.45) is 5.52. The molecule has 0 aromatic heterocycles. The SMILES string of the molecule is CCC(C)(C)[C@H](CO)N(C1CC1)S(=O)(=O)C(C)(C)CCC(C)(C)[C@@H](C)N(CC1CC1)S(=O)(=O)C(C)(C)C. The molecule has 2 fully saturated rings. The molecule has 0 aromatic rings. The molecule has 2 aliphatic rings. The first-order chi connectivity index (χ1) is 16.6. The summed E-state index contributed by atoms with van der Waals surface area (Å²) in [6, 6.07) is -0.781. The van der Waals surface area contributed by atoms with Crippen molar-refractivity contribution in [3.8, 4) is 0 Å². The molecule has 2 atom stereocenters. The Bertz CT molecular complexity index is 988. The van der Waals surface area contributed by atoms with Gasteiger partial charge in [0.05, 0.1) is 22.1 Å². The van der Waals surface area contributed by atoms with Crippen LogP contribution in [0.1, 0.15) is 121 Å². The summed E-state index contributed by atoms with van der Waals surface area (Å²) in [7, 11) is -7.26. The van der Waals surface area contributed by atoms with Crippen LogP contribution in [-0.4, -0.2) is 71.3 Å². The zero-order valence-electron chi connectivity index (χ0n) is 25.5. The van der Waals surface area contributed by atoms with Crippen LogP contribution in [-0.2, 0) is 20.0 Å². The number of aliphatic hydroxyl groups is 1. The van der Waals surface area contributed by atoms with Crippen LogP contribution in [0.25, 0.3) is 0 Å². The summed E-state index contributed by atoms with van der Waals surface area (Å²) in [6.45, 7) is 21.4. The van der Waals surface area contributed by atoms with Gasteiger partial charge < -0.3 is 5.11 Å². The van der Waals surface area contributed by atoms with Gasteiger partial charge in [-0.1, -0.05) is 34.6 Å². The van der Waals surface area contributed by atoms with Crippen LogP contribution < -0.4 is 0 Å². The molecule has 0 amide bonds.